The number of aromatic carboxylic acids is 1. The Balaban J connectivity index is 2.59. The number of alkyl halides is 3. The fourth-order valence-electron chi connectivity index (χ4n) is 1.90. The van der Waals surface area contributed by atoms with E-state index in [1.54, 1.807) is 0 Å². The summed E-state index contributed by atoms with van der Waals surface area (Å²) >= 11 is 5.81. The topological polar surface area (TPSA) is 68.0 Å². The summed E-state index contributed by atoms with van der Waals surface area (Å²) in [4.78, 5) is 14.7. The molecule has 2 heterocycles. The highest BCUT2D eigenvalue weighted by atomic mass is 35.5. The third-order valence-electron chi connectivity index (χ3n) is 2.85. The van der Waals surface area contributed by atoms with Gasteiger partial charge in [-0.15, -0.1) is 0 Å². The van der Waals surface area contributed by atoms with Gasteiger partial charge >= 0.3 is 12.1 Å². The molecule has 0 spiro atoms. The molecular formula is C12H9ClF3N3O2. The number of hydrogen-bond donors (Lipinski definition) is 1. The summed E-state index contributed by atoms with van der Waals surface area (Å²) in [6.45, 7) is 2.95. The van der Waals surface area contributed by atoms with Crippen molar-refractivity contribution in [3.63, 3.8) is 0 Å². The summed E-state index contributed by atoms with van der Waals surface area (Å²) in [5, 5.41) is 12.8. The zero-order valence-electron chi connectivity index (χ0n) is 10.9. The molecule has 0 saturated carbocycles. The highest BCUT2D eigenvalue weighted by Gasteiger charge is 2.32. The summed E-state index contributed by atoms with van der Waals surface area (Å²) in [6, 6.07) is 0.723. The van der Waals surface area contributed by atoms with Crippen molar-refractivity contribution in [2.45, 2.75) is 20.0 Å². The second-order valence-corrected chi connectivity index (χ2v) is 4.70. The van der Waals surface area contributed by atoms with Gasteiger partial charge < -0.3 is 5.11 Å². The van der Waals surface area contributed by atoms with Crippen LogP contribution >= 0.6 is 11.6 Å². The van der Waals surface area contributed by atoms with Crippen LogP contribution in [-0.4, -0.2) is 25.8 Å². The molecule has 5 nitrogen and oxygen atoms in total. The molecule has 0 amide bonds. The van der Waals surface area contributed by atoms with Crippen LogP contribution < -0.4 is 0 Å². The maximum absolute atomic E-state index is 12.6. The van der Waals surface area contributed by atoms with Crippen LogP contribution in [0, 0.1) is 13.8 Å². The number of aryl methyl sites for hydroxylation is 1. The highest BCUT2D eigenvalue weighted by molar-refractivity contribution is 6.32. The lowest BCUT2D eigenvalue weighted by atomic mass is 10.2. The third kappa shape index (κ3) is 2.71. The largest absolute Gasteiger partial charge is 0.478 e. The lowest BCUT2D eigenvalue weighted by Gasteiger charge is -2.10. The first-order valence-corrected chi connectivity index (χ1v) is 6.03. The van der Waals surface area contributed by atoms with Crippen molar-refractivity contribution >= 4 is 17.6 Å². The number of pyridine rings is 1. The van der Waals surface area contributed by atoms with E-state index in [0.29, 0.717) is 6.20 Å². The zero-order valence-corrected chi connectivity index (χ0v) is 11.6. The van der Waals surface area contributed by atoms with Crippen LogP contribution in [0.1, 0.15) is 27.3 Å². The molecule has 2 aromatic heterocycles. The Bertz CT molecular complexity index is 725. The number of nitrogens with zero attached hydrogens (tertiary/aromatic N) is 3. The SMILES string of the molecule is Cc1nn(-c2ncc(C(F)(F)F)cc2Cl)c(C)c1C(=O)O. The Morgan fingerprint density at radius 1 is 1.38 bits per heavy atom. The fraction of sp³-hybridized carbons (Fsp3) is 0.250. The van der Waals surface area contributed by atoms with Gasteiger partial charge in [0, 0.05) is 6.20 Å². The molecule has 0 atom stereocenters. The second kappa shape index (κ2) is 5.03. The smallest absolute Gasteiger partial charge is 0.417 e. The van der Waals surface area contributed by atoms with Gasteiger partial charge in [-0.05, 0) is 19.9 Å². The van der Waals surface area contributed by atoms with E-state index in [2.05, 4.69) is 10.1 Å². The molecule has 9 heteroatoms. The molecule has 0 radical (unpaired) electrons. The van der Waals surface area contributed by atoms with Crippen LogP contribution in [0.25, 0.3) is 5.82 Å². The number of aromatic nitrogens is 3. The lowest BCUT2D eigenvalue weighted by Crippen LogP contribution is -2.09. The van der Waals surface area contributed by atoms with E-state index in [-0.39, 0.29) is 27.8 Å². The summed E-state index contributed by atoms with van der Waals surface area (Å²) in [5.41, 5.74) is -0.573. The standard InChI is InChI=1S/C12H9ClF3N3O2/c1-5-9(11(20)21)6(2)19(18-5)10-8(13)3-7(4-17-10)12(14,15)16/h3-4H,1-2H3,(H,20,21). The number of carboxylic acid groups (broad SMARTS) is 1. The summed E-state index contributed by atoms with van der Waals surface area (Å²) in [7, 11) is 0. The van der Waals surface area contributed by atoms with E-state index in [0.717, 1.165) is 10.7 Å². The summed E-state index contributed by atoms with van der Waals surface area (Å²) in [5.74, 6) is -1.24. The molecule has 1 N–H and O–H groups in total. The van der Waals surface area contributed by atoms with Crippen molar-refractivity contribution < 1.29 is 23.1 Å². The lowest BCUT2D eigenvalue weighted by molar-refractivity contribution is -0.137. The van der Waals surface area contributed by atoms with Crippen LogP contribution in [0.3, 0.4) is 0 Å². The number of rotatable bonds is 2. The van der Waals surface area contributed by atoms with Gasteiger partial charge in [-0.1, -0.05) is 11.6 Å². The molecule has 2 aromatic rings. The molecule has 2 rings (SSSR count). The van der Waals surface area contributed by atoms with Crippen molar-refractivity contribution in [1.29, 1.82) is 0 Å². The minimum Gasteiger partial charge on any atom is -0.478 e. The highest BCUT2D eigenvalue weighted by Crippen LogP contribution is 2.32. The minimum absolute atomic E-state index is 0.0345. The fourth-order valence-corrected chi connectivity index (χ4v) is 2.15. The Morgan fingerprint density at radius 3 is 2.43 bits per heavy atom. The van der Waals surface area contributed by atoms with Crippen LogP contribution in [-0.2, 0) is 6.18 Å². The Kier molecular flexibility index (Phi) is 3.66. The monoisotopic (exact) mass is 319 g/mol. The van der Waals surface area contributed by atoms with E-state index < -0.39 is 17.7 Å². The third-order valence-corrected chi connectivity index (χ3v) is 3.13. The molecule has 0 aliphatic carbocycles. The average Bonchev–Trinajstić information content (AvgIpc) is 2.63. The molecule has 0 unspecified atom stereocenters. The van der Waals surface area contributed by atoms with Gasteiger partial charge in [0.25, 0.3) is 0 Å². The zero-order chi connectivity index (χ0) is 15.9. The molecule has 0 aliphatic heterocycles. The van der Waals surface area contributed by atoms with Crippen LogP contribution in [0.15, 0.2) is 12.3 Å². The van der Waals surface area contributed by atoms with Gasteiger partial charge in [-0.25, -0.2) is 14.5 Å². The van der Waals surface area contributed by atoms with Crippen molar-refractivity contribution in [2.75, 3.05) is 0 Å². The van der Waals surface area contributed by atoms with E-state index in [4.69, 9.17) is 16.7 Å². The van der Waals surface area contributed by atoms with Crippen LogP contribution in [0.2, 0.25) is 5.02 Å². The van der Waals surface area contributed by atoms with Gasteiger partial charge in [-0.2, -0.15) is 18.3 Å². The predicted molar refractivity (Wildman–Crippen MR) is 67.8 cm³/mol. The van der Waals surface area contributed by atoms with Crippen molar-refractivity contribution in [2.24, 2.45) is 0 Å². The molecule has 0 bridgehead atoms. The van der Waals surface area contributed by atoms with Gasteiger partial charge in [0.1, 0.15) is 5.56 Å². The Hall–Kier alpha value is -2.09. The first-order valence-electron chi connectivity index (χ1n) is 5.65. The van der Waals surface area contributed by atoms with Crippen molar-refractivity contribution in [3.8, 4) is 5.82 Å². The number of hydrogen-bond acceptors (Lipinski definition) is 3. The quantitative estimate of drug-likeness (QED) is 0.922. The normalized spacial score (nSPS) is 11.7. The number of halogens is 4. The summed E-state index contributed by atoms with van der Waals surface area (Å²) < 4.78 is 38.8. The number of carbonyl (C=O) groups is 1. The van der Waals surface area contributed by atoms with E-state index in [1.165, 1.54) is 13.8 Å². The van der Waals surface area contributed by atoms with Gasteiger partial charge in [-0.3, -0.25) is 0 Å². The van der Waals surface area contributed by atoms with Crippen molar-refractivity contribution in [3.05, 3.63) is 39.8 Å². The predicted octanol–water partition coefficient (Wildman–Crippen LogP) is 3.25. The van der Waals surface area contributed by atoms with Gasteiger partial charge in [0.05, 0.1) is 22.0 Å². The molecular weight excluding hydrogens is 311 g/mol. The minimum atomic E-state index is -4.56. The first kappa shape index (κ1) is 15.3. The van der Waals surface area contributed by atoms with E-state index in [1.807, 2.05) is 0 Å². The van der Waals surface area contributed by atoms with Crippen LogP contribution in [0.4, 0.5) is 13.2 Å². The van der Waals surface area contributed by atoms with Crippen LogP contribution in [0.5, 0.6) is 0 Å². The maximum Gasteiger partial charge on any atom is 0.417 e. The Labute approximate surface area is 122 Å². The first-order chi connectivity index (χ1) is 9.62. The molecule has 112 valence electrons. The number of carboxylic acids is 1. The van der Waals surface area contributed by atoms with Gasteiger partial charge in [0.15, 0.2) is 5.82 Å². The van der Waals surface area contributed by atoms with Crippen molar-refractivity contribution in [1.82, 2.24) is 14.8 Å². The van der Waals surface area contributed by atoms with E-state index >= 15 is 0 Å². The maximum atomic E-state index is 12.6. The molecule has 0 fully saturated rings. The molecule has 0 aliphatic rings. The molecule has 0 aromatic carbocycles. The average molecular weight is 320 g/mol. The van der Waals surface area contributed by atoms with Gasteiger partial charge in [0.2, 0.25) is 0 Å². The van der Waals surface area contributed by atoms with E-state index in [9.17, 15) is 18.0 Å². The summed E-state index contributed by atoms with van der Waals surface area (Å²) in [6.07, 6.45) is -3.94. The second-order valence-electron chi connectivity index (χ2n) is 4.29. The molecule has 21 heavy (non-hydrogen) atoms. The Morgan fingerprint density at radius 2 is 2.00 bits per heavy atom. The molecule has 0 saturated heterocycles.